The number of ether oxygens (including phenoxy) is 1. The molecule has 0 radical (unpaired) electrons. The SMILES string of the molecule is C[C@H]1CC(=O)NN=C1c1ccc(NCC(C)(C)NC[C@@H](O)COc2cc(Cl)ccc2C#N)cc1. The fraction of sp³-hybridized carbons (Fsp3) is 0.400. The molecule has 4 N–H and O–H groups in total. The molecule has 0 saturated carbocycles. The van der Waals surface area contributed by atoms with Gasteiger partial charge in [-0.25, -0.2) is 5.43 Å². The van der Waals surface area contributed by atoms with Crippen molar-refractivity contribution in [1.29, 1.82) is 5.26 Å². The predicted molar refractivity (Wildman–Crippen MR) is 133 cm³/mol. The molecule has 34 heavy (non-hydrogen) atoms. The van der Waals surface area contributed by atoms with Crippen molar-refractivity contribution in [3.8, 4) is 11.8 Å². The van der Waals surface area contributed by atoms with Gasteiger partial charge in [-0.2, -0.15) is 10.4 Å². The lowest BCUT2D eigenvalue weighted by molar-refractivity contribution is -0.121. The van der Waals surface area contributed by atoms with Gasteiger partial charge in [-0.1, -0.05) is 30.7 Å². The van der Waals surface area contributed by atoms with Crippen LogP contribution in [0, 0.1) is 17.2 Å². The van der Waals surface area contributed by atoms with E-state index in [2.05, 4.69) is 21.2 Å². The minimum absolute atomic E-state index is 0.0375. The Morgan fingerprint density at radius 1 is 1.32 bits per heavy atom. The quantitative estimate of drug-likeness (QED) is 0.411. The minimum Gasteiger partial charge on any atom is -0.489 e. The summed E-state index contributed by atoms with van der Waals surface area (Å²) < 4.78 is 5.59. The van der Waals surface area contributed by atoms with E-state index in [1.165, 1.54) is 0 Å². The van der Waals surface area contributed by atoms with Gasteiger partial charge in [0, 0.05) is 47.7 Å². The number of nitrogens with zero attached hydrogens (tertiary/aromatic N) is 2. The molecule has 1 aliphatic rings. The molecule has 0 saturated heterocycles. The molecule has 1 heterocycles. The third-order valence-electron chi connectivity index (χ3n) is 5.49. The topological polar surface area (TPSA) is 119 Å². The van der Waals surface area contributed by atoms with Crippen molar-refractivity contribution in [2.24, 2.45) is 11.0 Å². The summed E-state index contributed by atoms with van der Waals surface area (Å²) in [4.78, 5) is 11.4. The number of amides is 1. The zero-order valence-corrected chi connectivity index (χ0v) is 20.3. The molecular formula is C25H30ClN5O3. The fourth-order valence-electron chi connectivity index (χ4n) is 3.49. The van der Waals surface area contributed by atoms with Crippen LogP contribution in [-0.2, 0) is 4.79 Å². The molecule has 1 amide bonds. The van der Waals surface area contributed by atoms with E-state index >= 15 is 0 Å². The molecule has 0 aromatic heterocycles. The summed E-state index contributed by atoms with van der Waals surface area (Å²) in [5.74, 6) is 0.378. The number of aliphatic hydroxyl groups excluding tert-OH is 1. The lowest BCUT2D eigenvalue weighted by atomic mass is 9.94. The van der Waals surface area contributed by atoms with Crippen molar-refractivity contribution in [3.63, 3.8) is 0 Å². The van der Waals surface area contributed by atoms with E-state index in [9.17, 15) is 9.90 Å². The van der Waals surface area contributed by atoms with E-state index in [0.717, 1.165) is 17.0 Å². The van der Waals surface area contributed by atoms with Crippen LogP contribution < -0.4 is 20.8 Å². The van der Waals surface area contributed by atoms with E-state index in [4.69, 9.17) is 21.6 Å². The molecule has 9 heteroatoms. The average molecular weight is 484 g/mol. The first-order valence-corrected chi connectivity index (χ1v) is 11.5. The number of carbonyl (C=O) groups is 1. The fourth-order valence-corrected chi connectivity index (χ4v) is 3.66. The third kappa shape index (κ3) is 7.19. The number of rotatable bonds is 10. The Balaban J connectivity index is 1.46. The molecule has 2 aromatic rings. The van der Waals surface area contributed by atoms with Gasteiger partial charge >= 0.3 is 0 Å². The number of hydrazone groups is 1. The first-order chi connectivity index (χ1) is 16.2. The maximum absolute atomic E-state index is 11.4. The predicted octanol–water partition coefficient (Wildman–Crippen LogP) is 3.29. The van der Waals surface area contributed by atoms with Gasteiger partial charge in [0.2, 0.25) is 5.91 Å². The third-order valence-corrected chi connectivity index (χ3v) is 5.72. The molecular weight excluding hydrogens is 454 g/mol. The van der Waals surface area contributed by atoms with Gasteiger partial charge in [0.15, 0.2) is 0 Å². The molecule has 1 aliphatic heterocycles. The summed E-state index contributed by atoms with van der Waals surface area (Å²) in [6.07, 6.45) is -0.323. The Labute approximate surface area is 205 Å². The van der Waals surface area contributed by atoms with E-state index in [1.807, 2.05) is 51.1 Å². The summed E-state index contributed by atoms with van der Waals surface area (Å²) in [5, 5.41) is 30.9. The van der Waals surface area contributed by atoms with Crippen molar-refractivity contribution in [1.82, 2.24) is 10.7 Å². The lowest BCUT2D eigenvalue weighted by Crippen LogP contribution is -2.49. The standard InChI is InChI=1S/C25H30ClN5O3/c1-16-10-23(33)30-31-24(16)17-5-8-20(9-6-17)28-15-25(2,3)29-13-21(32)14-34-22-11-19(26)7-4-18(22)12-27/h4-9,11,16,21,28-29,32H,10,13-15H2,1-3H3,(H,30,33)/t16-,21+/m0/s1. The minimum atomic E-state index is -0.761. The van der Waals surface area contributed by atoms with Crippen molar-refractivity contribution >= 4 is 28.9 Å². The van der Waals surface area contributed by atoms with Crippen LogP contribution >= 0.6 is 11.6 Å². The molecule has 2 aromatic carbocycles. The zero-order valence-electron chi connectivity index (χ0n) is 19.6. The van der Waals surface area contributed by atoms with E-state index in [0.29, 0.717) is 35.8 Å². The largest absolute Gasteiger partial charge is 0.489 e. The summed E-state index contributed by atoms with van der Waals surface area (Å²) >= 11 is 5.96. The van der Waals surface area contributed by atoms with Gasteiger partial charge in [0.05, 0.1) is 11.3 Å². The molecule has 0 aliphatic carbocycles. The first-order valence-electron chi connectivity index (χ1n) is 11.1. The summed E-state index contributed by atoms with van der Waals surface area (Å²) in [7, 11) is 0. The van der Waals surface area contributed by atoms with Gasteiger partial charge < -0.3 is 20.5 Å². The monoisotopic (exact) mass is 483 g/mol. The van der Waals surface area contributed by atoms with E-state index in [-0.39, 0.29) is 24.0 Å². The van der Waals surface area contributed by atoms with Crippen LogP contribution in [0.15, 0.2) is 47.6 Å². The van der Waals surface area contributed by atoms with Gasteiger partial charge in [0.25, 0.3) is 0 Å². The average Bonchev–Trinajstić information content (AvgIpc) is 2.81. The number of nitrogens with one attached hydrogen (secondary N) is 3. The van der Waals surface area contributed by atoms with Crippen molar-refractivity contribution in [2.75, 3.05) is 25.0 Å². The van der Waals surface area contributed by atoms with Crippen LogP contribution in [0.25, 0.3) is 0 Å². The van der Waals surface area contributed by atoms with Crippen LogP contribution in [0.3, 0.4) is 0 Å². The Bertz CT molecular complexity index is 1080. The highest BCUT2D eigenvalue weighted by Gasteiger charge is 2.22. The Hall–Kier alpha value is -3.12. The lowest BCUT2D eigenvalue weighted by Gasteiger charge is -2.28. The number of nitriles is 1. The Morgan fingerprint density at radius 3 is 2.74 bits per heavy atom. The highest BCUT2D eigenvalue weighted by molar-refractivity contribution is 6.30. The molecule has 0 fully saturated rings. The van der Waals surface area contributed by atoms with Crippen LogP contribution in [-0.4, -0.2) is 48.1 Å². The van der Waals surface area contributed by atoms with E-state index < -0.39 is 6.10 Å². The van der Waals surface area contributed by atoms with Gasteiger partial charge in [-0.05, 0) is 43.7 Å². The highest BCUT2D eigenvalue weighted by Crippen LogP contribution is 2.23. The second-order valence-electron chi connectivity index (χ2n) is 9.05. The molecule has 180 valence electrons. The summed E-state index contributed by atoms with van der Waals surface area (Å²) in [6.45, 7) is 7.05. The number of hydrogen-bond donors (Lipinski definition) is 4. The maximum atomic E-state index is 11.4. The number of carbonyl (C=O) groups excluding carboxylic acids is 1. The number of hydrogen-bond acceptors (Lipinski definition) is 7. The zero-order chi connectivity index (χ0) is 24.7. The van der Waals surface area contributed by atoms with Gasteiger partial charge in [-0.3, -0.25) is 4.79 Å². The van der Waals surface area contributed by atoms with Crippen LogP contribution in [0.5, 0.6) is 5.75 Å². The molecule has 2 atom stereocenters. The van der Waals surface area contributed by atoms with Crippen LogP contribution in [0.2, 0.25) is 5.02 Å². The number of aliphatic hydroxyl groups is 1. The number of anilines is 1. The molecule has 3 rings (SSSR count). The Morgan fingerprint density at radius 2 is 2.06 bits per heavy atom. The van der Waals surface area contributed by atoms with Crippen molar-refractivity contribution in [2.45, 2.75) is 38.8 Å². The molecule has 8 nitrogen and oxygen atoms in total. The molecule has 0 unspecified atom stereocenters. The van der Waals surface area contributed by atoms with Crippen molar-refractivity contribution < 1.29 is 14.6 Å². The first kappa shape index (κ1) is 25.5. The number of benzene rings is 2. The van der Waals surface area contributed by atoms with Crippen LogP contribution in [0.1, 0.15) is 38.3 Å². The summed E-state index contributed by atoms with van der Waals surface area (Å²) in [6, 6.07) is 14.8. The normalized spacial score (nSPS) is 16.8. The number of β-amino-alcohol motifs (C(OH)–C–C–N with tert-alkyl or cyclic N) is 1. The van der Waals surface area contributed by atoms with Gasteiger partial charge in [0.1, 0.15) is 24.5 Å². The number of halogens is 1. The van der Waals surface area contributed by atoms with Gasteiger partial charge in [-0.15, -0.1) is 0 Å². The second kappa shape index (κ2) is 11.3. The molecule has 0 bridgehead atoms. The van der Waals surface area contributed by atoms with E-state index in [1.54, 1.807) is 18.2 Å². The Kier molecular flexibility index (Phi) is 8.51. The highest BCUT2D eigenvalue weighted by atomic mass is 35.5. The van der Waals surface area contributed by atoms with Crippen molar-refractivity contribution in [3.05, 3.63) is 58.6 Å². The maximum Gasteiger partial charge on any atom is 0.240 e. The molecule has 0 spiro atoms. The second-order valence-corrected chi connectivity index (χ2v) is 9.49. The summed E-state index contributed by atoms with van der Waals surface area (Å²) in [5.41, 5.74) is 5.43. The smallest absolute Gasteiger partial charge is 0.240 e. The van der Waals surface area contributed by atoms with Crippen LogP contribution in [0.4, 0.5) is 5.69 Å².